The van der Waals surface area contributed by atoms with Gasteiger partial charge in [-0.25, -0.2) is 4.79 Å². The maximum atomic E-state index is 12.5. The minimum atomic E-state index is -0.652. The molecule has 0 aliphatic heterocycles. The van der Waals surface area contributed by atoms with Crippen molar-refractivity contribution in [3.8, 4) is 11.5 Å². The molecule has 0 aliphatic carbocycles. The lowest BCUT2D eigenvalue weighted by molar-refractivity contribution is 0.0508. The molecular weight excluding hydrogens is 360 g/mol. The van der Waals surface area contributed by atoms with Crippen molar-refractivity contribution >= 4 is 28.5 Å². The molecule has 28 heavy (non-hydrogen) atoms. The number of anilines is 1. The van der Waals surface area contributed by atoms with Crippen molar-refractivity contribution in [1.29, 1.82) is 0 Å². The number of hydrogen-bond acceptors (Lipinski definition) is 6. The molecule has 0 radical (unpaired) electrons. The van der Waals surface area contributed by atoms with Gasteiger partial charge in [0.2, 0.25) is 0 Å². The number of amides is 1. The Bertz CT molecular complexity index is 1130. The number of esters is 1. The summed E-state index contributed by atoms with van der Waals surface area (Å²) in [7, 11) is 0. The second-order valence-electron chi connectivity index (χ2n) is 5.95. The van der Waals surface area contributed by atoms with Crippen LogP contribution in [0.2, 0.25) is 0 Å². The van der Waals surface area contributed by atoms with Crippen molar-refractivity contribution in [2.75, 3.05) is 11.9 Å². The van der Waals surface area contributed by atoms with Gasteiger partial charge in [-0.2, -0.15) is 4.98 Å². The Morgan fingerprint density at radius 3 is 2.82 bits per heavy atom. The van der Waals surface area contributed by atoms with E-state index in [0.29, 0.717) is 16.9 Å². The van der Waals surface area contributed by atoms with Crippen LogP contribution in [-0.2, 0) is 4.74 Å². The summed E-state index contributed by atoms with van der Waals surface area (Å²) in [4.78, 5) is 31.3. The summed E-state index contributed by atoms with van der Waals surface area (Å²) in [6.07, 6.45) is 0. The second-order valence-corrected chi connectivity index (χ2v) is 5.95. The largest absolute Gasteiger partial charge is 0.460 e. The number of H-pyrrole nitrogens is 1. The lowest BCUT2D eigenvalue weighted by Gasteiger charge is -2.04. The highest BCUT2D eigenvalue weighted by molar-refractivity contribution is 6.06. The van der Waals surface area contributed by atoms with Crippen LogP contribution in [0.15, 0.2) is 59.1 Å². The predicted molar refractivity (Wildman–Crippen MR) is 102 cm³/mol. The second kappa shape index (κ2) is 7.36. The Morgan fingerprint density at radius 2 is 2.00 bits per heavy atom. The molecule has 8 nitrogen and oxygen atoms in total. The van der Waals surface area contributed by atoms with Gasteiger partial charge >= 0.3 is 5.97 Å². The number of benzene rings is 2. The van der Waals surface area contributed by atoms with Gasteiger partial charge in [0.05, 0.1) is 6.61 Å². The number of para-hydroxylation sites is 1. The first kappa shape index (κ1) is 17.5. The van der Waals surface area contributed by atoms with E-state index in [9.17, 15) is 9.59 Å². The Labute approximate surface area is 159 Å². The zero-order valence-corrected chi connectivity index (χ0v) is 14.9. The van der Waals surface area contributed by atoms with Crippen molar-refractivity contribution in [1.82, 2.24) is 15.1 Å². The molecule has 0 saturated heterocycles. The first-order valence-corrected chi connectivity index (χ1v) is 8.64. The third-order valence-electron chi connectivity index (χ3n) is 4.03. The van der Waals surface area contributed by atoms with Crippen molar-refractivity contribution in [2.45, 2.75) is 6.92 Å². The number of rotatable bonds is 5. The van der Waals surface area contributed by atoms with Crippen molar-refractivity contribution in [3.63, 3.8) is 0 Å². The van der Waals surface area contributed by atoms with E-state index in [1.807, 2.05) is 24.3 Å². The molecule has 4 aromatic rings. The number of carbonyl (C=O) groups excluding carboxylic acids is 2. The monoisotopic (exact) mass is 376 g/mol. The highest BCUT2D eigenvalue weighted by Crippen LogP contribution is 2.22. The van der Waals surface area contributed by atoms with Crippen LogP contribution in [0, 0.1) is 0 Å². The summed E-state index contributed by atoms with van der Waals surface area (Å²) in [5.74, 6) is -0.916. The van der Waals surface area contributed by atoms with E-state index in [2.05, 4.69) is 20.4 Å². The SMILES string of the molecule is CCOC(=O)c1noc(-c2cccc(NC(=O)c3cc4ccccc4[nH]3)c2)n1. The third kappa shape index (κ3) is 3.48. The highest BCUT2D eigenvalue weighted by atomic mass is 16.5. The molecule has 140 valence electrons. The molecule has 2 aromatic carbocycles. The zero-order chi connectivity index (χ0) is 19.5. The van der Waals surface area contributed by atoms with Gasteiger partial charge in [0, 0.05) is 22.2 Å². The number of carbonyl (C=O) groups is 2. The minimum absolute atomic E-state index is 0.149. The van der Waals surface area contributed by atoms with Gasteiger partial charge in [-0.05, 0) is 42.4 Å². The van der Waals surface area contributed by atoms with Crippen LogP contribution in [0.1, 0.15) is 28.0 Å². The maximum absolute atomic E-state index is 12.5. The van der Waals surface area contributed by atoms with Gasteiger partial charge in [-0.15, -0.1) is 0 Å². The van der Waals surface area contributed by atoms with Crippen molar-refractivity contribution in [3.05, 3.63) is 66.1 Å². The smallest absolute Gasteiger partial charge is 0.379 e. The van der Waals surface area contributed by atoms with Gasteiger partial charge in [0.25, 0.3) is 17.6 Å². The lowest BCUT2D eigenvalue weighted by atomic mass is 10.2. The highest BCUT2D eigenvalue weighted by Gasteiger charge is 2.17. The summed E-state index contributed by atoms with van der Waals surface area (Å²) in [6.45, 7) is 1.91. The fourth-order valence-corrected chi connectivity index (χ4v) is 2.74. The van der Waals surface area contributed by atoms with Crippen LogP contribution in [-0.4, -0.2) is 33.6 Å². The summed E-state index contributed by atoms with van der Waals surface area (Å²) < 4.78 is 9.96. The number of nitrogens with one attached hydrogen (secondary N) is 2. The summed E-state index contributed by atoms with van der Waals surface area (Å²) in [6, 6.07) is 16.3. The van der Waals surface area contributed by atoms with E-state index in [0.717, 1.165) is 10.9 Å². The predicted octanol–water partition coefficient (Wildman–Crippen LogP) is 3.65. The Kier molecular flexibility index (Phi) is 4.59. The number of nitrogens with zero attached hydrogens (tertiary/aromatic N) is 2. The quantitative estimate of drug-likeness (QED) is 0.515. The van der Waals surface area contributed by atoms with Crippen LogP contribution < -0.4 is 5.32 Å². The average molecular weight is 376 g/mol. The Balaban J connectivity index is 1.53. The van der Waals surface area contributed by atoms with Crippen LogP contribution in [0.4, 0.5) is 5.69 Å². The minimum Gasteiger partial charge on any atom is -0.460 e. The first-order chi connectivity index (χ1) is 13.6. The first-order valence-electron chi connectivity index (χ1n) is 8.64. The summed E-state index contributed by atoms with van der Waals surface area (Å²) >= 11 is 0. The summed E-state index contributed by atoms with van der Waals surface area (Å²) in [5.41, 5.74) is 2.46. The van der Waals surface area contributed by atoms with Crippen molar-refractivity contribution in [2.24, 2.45) is 0 Å². The molecule has 0 atom stereocenters. The average Bonchev–Trinajstić information content (AvgIpc) is 3.36. The van der Waals surface area contributed by atoms with E-state index in [1.165, 1.54) is 0 Å². The third-order valence-corrected chi connectivity index (χ3v) is 4.03. The van der Waals surface area contributed by atoms with Gasteiger partial charge in [-0.3, -0.25) is 4.79 Å². The summed E-state index contributed by atoms with van der Waals surface area (Å²) in [5, 5.41) is 7.41. The van der Waals surface area contributed by atoms with Gasteiger partial charge in [-0.1, -0.05) is 24.3 Å². The standard InChI is InChI=1S/C20H16N4O4/c1-2-27-20(26)17-23-19(28-24-17)13-7-5-8-14(10-13)21-18(25)16-11-12-6-3-4-9-15(12)22-16/h3-11,22H,2H2,1H3,(H,21,25). The van der Waals surface area contributed by atoms with Crippen LogP contribution in [0.25, 0.3) is 22.4 Å². The molecule has 2 aromatic heterocycles. The fourth-order valence-electron chi connectivity index (χ4n) is 2.74. The van der Waals surface area contributed by atoms with E-state index in [-0.39, 0.29) is 24.2 Å². The molecular formula is C20H16N4O4. The number of aromatic amines is 1. The molecule has 2 heterocycles. The van der Waals surface area contributed by atoms with E-state index in [1.54, 1.807) is 37.3 Å². The number of aromatic nitrogens is 3. The molecule has 2 N–H and O–H groups in total. The van der Waals surface area contributed by atoms with E-state index in [4.69, 9.17) is 9.26 Å². The molecule has 4 rings (SSSR count). The van der Waals surface area contributed by atoms with Crippen molar-refractivity contribution < 1.29 is 18.8 Å². The molecule has 1 amide bonds. The number of hydrogen-bond donors (Lipinski definition) is 2. The zero-order valence-electron chi connectivity index (χ0n) is 14.9. The van der Waals surface area contributed by atoms with Crippen LogP contribution in [0.5, 0.6) is 0 Å². The Morgan fingerprint density at radius 1 is 1.14 bits per heavy atom. The number of ether oxygens (including phenoxy) is 1. The van der Waals surface area contributed by atoms with Gasteiger partial charge < -0.3 is 19.6 Å². The molecule has 0 fully saturated rings. The van der Waals surface area contributed by atoms with E-state index < -0.39 is 5.97 Å². The lowest BCUT2D eigenvalue weighted by Crippen LogP contribution is -2.12. The Hall–Kier alpha value is -3.94. The molecule has 0 spiro atoms. The van der Waals surface area contributed by atoms with Gasteiger partial charge in [0.15, 0.2) is 0 Å². The molecule has 0 aliphatic rings. The molecule has 8 heteroatoms. The van der Waals surface area contributed by atoms with Gasteiger partial charge in [0.1, 0.15) is 5.69 Å². The topological polar surface area (TPSA) is 110 Å². The fraction of sp³-hybridized carbons (Fsp3) is 0.100. The molecule has 0 bridgehead atoms. The normalized spacial score (nSPS) is 10.8. The molecule has 0 unspecified atom stereocenters. The van der Waals surface area contributed by atoms with Crippen LogP contribution >= 0.6 is 0 Å². The van der Waals surface area contributed by atoms with Crippen LogP contribution in [0.3, 0.4) is 0 Å². The maximum Gasteiger partial charge on any atom is 0.379 e. The number of fused-ring (bicyclic) bond motifs is 1. The molecule has 0 saturated carbocycles. The van der Waals surface area contributed by atoms with E-state index >= 15 is 0 Å².